The van der Waals surface area contributed by atoms with Crippen molar-refractivity contribution in [1.82, 2.24) is 9.21 Å². The molecule has 1 amide bonds. The van der Waals surface area contributed by atoms with E-state index in [9.17, 15) is 18.0 Å². The summed E-state index contributed by atoms with van der Waals surface area (Å²) < 4.78 is 29.1. The van der Waals surface area contributed by atoms with Crippen molar-refractivity contribution in [1.29, 1.82) is 0 Å². The van der Waals surface area contributed by atoms with Crippen molar-refractivity contribution in [2.24, 2.45) is 0 Å². The Balaban J connectivity index is 2.85. The maximum absolute atomic E-state index is 11.9. The lowest BCUT2D eigenvalue weighted by Crippen LogP contribution is -2.59. The molecule has 1 unspecified atom stereocenters. The van der Waals surface area contributed by atoms with Gasteiger partial charge in [-0.05, 0) is 20.8 Å². The number of carboxylic acid groups (broad SMARTS) is 1. The molecular formula is C11H20N2O6S. The summed E-state index contributed by atoms with van der Waals surface area (Å²) in [6, 6.07) is -1.29. The molecule has 1 rings (SSSR count). The first kappa shape index (κ1) is 16.7. The Hall–Kier alpha value is -1.35. The van der Waals surface area contributed by atoms with Gasteiger partial charge in [-0.1, -0.05) is 0 Å². The van der Waals surface area contributed by atoms with Crippen molar-refractivity contribution in [2.45, 2.75) is 32.4 Å². The summed E-state index contributed by atoms with van der Waals surface area (Å²) in [6.45, 7) is 4.92. The van der Waals surface area contributed by atoms with Crippen LogP contribution in [0.25, 0.3) is 0 Å². The molecular weight excluding hydrogens is 288 g/mol. The second-order valence-corrected chi connectivity index (χ2v) is 7.59. The third-order valence-corrected chi connectivity index (χ3v) is 3.98. The summed E-state index contributed by atoms with van der Waals surface area (Å²) in [7, 11) is -3.63. The fourth-order valence-corrected chi connectivity index (χ4v) is 2.89. The smallest absolute Gasteiger partial charge is 0.410 e. The first-order valence-electron chi connectivity index (χ1n) is 6.09. The predicted molar refractivity (Wildman–Crippen MR) is 70.8 cm³/mol. The fraction of sp³-hybridized carbons (Fsp3) is 0.818. The molecule has 1 atom stereocenters. The summed E-state index contributed by atoms with van der Waals surface area (Å²) in [5, 5.41) is 9.12. The average Bonchev–Trinajstić information content (AvgIpc) is 2.24. The summed E-state index contributed by atoms with van der Waals surface area (Å²) in [5.74, 6) is -1.29. The zero-order valence-corrected chi connectivity index (χ0v) is 12.8. The first-order chi connectivity index (χ1) is 8.92. The number of rotatable bonds is 2. The Labute approximate surface area is 118 Å². The molecule has 0 bridgehead atoms. The van der Waals surface area contributed by atoms with Crippen molar-refractivity contribution in [2.75, 3.05) is 25.9 Å². The molecule has 0 aromatic heterocycles. The van der Waals surface area contributed by atoms with Gasteiger partial charge in [0, 0.05) is 13.1 Å². The van der Waals surface area contributed by atoms with Crippen LogP contribution in [-0.2, 0) is 19.6 Å². The van der Waals surface area contributed by atoms with Crippen LogP contribution in [0.4, 0.5) is 4.79 Å². The van der Waals surface area contributed by atoms with Crippen LogP contribution < -0.4 is 0 Å². The van der Waals surface area contributed by atoms with Crippen molar-refractivity contribution in [3.63, 3.8) is 0 Å². The van der Waals surface area contributed by atoms with Crippen LogP contribution >= 0.6 is 0 Å². The SMILES string of the molecule is CC(C)(C)OC(=O)N1CCN(S(C)(=O)=O)C(C(=O)O)C1. The van der Waals surface area contributed by atoms with Gasteiger partial charge in [-0.3, -0.25) is 4.79 Å². The van der Waals surface area contributed by atoms with Crippen LogP contribution in [0.15, 0.2) is 0 Å². The lowest BCUT2D eigenvalue weighted by molar-refractivity contribution is -0.143. The number of carboxylic acids is 1. The molecule has 9 heteroatoms. The number of aliphatic carboxylic acids is 1. The van der Waals surface area contributed by atoms with E-state index in [0.29, 0.717) is 0 Å². The number of amides is 1. The van der Waals surface area contributed by atoms with E-state index < -0.39 is 33.7 Å². The third kappa shape index (κ3) is 4.34. The molecule has 8 nitrogen and oxygen atoms in total. The molecule has 0 aliphatic carbocycles. The molecule has 116 valence electrons. The van der Waals surface area contributed by atoms with E-state index in [-0.39, 0.29) is 19.6 Å². The summed E-state index contributed by atoms with van der Waals surface area (Å²) in [5.41, 5.74) is -0.691. The summed E-state index contributed by atoms with van der Waals surface area (Å²) >= 11 is 0. The van der Waals surface area contributed by atoms with E-state index in [2.05, 4.69) is 0 Å². The molecule has 0 aromatic carbocycles. The van der Waals surface area contributed by atoms with Crippen LogP contribution in [0, 0.1) is 0 Å². The van der Waals surface area contributed by atoms with Gasteiger partial charge in [0.1, 0.15) is 11.6 Å². The number of hydrogen-bond acceptors (Lipinski definition) is 5. The lowest BCUT2D eigenvalue weighted by atomic mass is 10.2. The van der Waals surface area contributed by atoms with Gasteiger partial charge in [-0.25, -0.2) is 13.2 Å². The summed E-state index contributed by atoms with van der Waals surface area (Å²) in [6.07, 6.45) is 0.309. The number of sulfonamides is 1. The van der Waals surface area contributed by atoms with E-state index in [1.807, 2.05) is 0 Å². The number of ether oxygens (including phenoxy) is 1. The molecule has 0 saturated carbocycles. The number of nitrogens with zero attached hydrogens (tertiary/aromatic N) is 2. The van der Waals surface area contributed by atoms with Crippen molar-refractivity contribution < 1.29 is 27.9 Å². The van der Waals surface area contributed by atoms with Gasteiger partial charge >= 0.3 is 12.1 Å². The minimum Gasteiger partial charge on any atom is -0.480 e. The molecule has 1 heterocycles. The van der Waals surface area contributed by atoms with Gasteiger partial charge in [0.15, 0.2) is 0 Å². The predicted octanol–water partition coefficient (Wildman–Crippen LogP) is -0.0481. The maximum atomic E-state index is 11.9. The summed E-state index contributed by atoms with van der Waals surface area (Å²) in [4.78, 5) is 24.3. The van der Waals surface area contributed by atoms with Crippen molar-refractivity contribution >= 4 is 22.1 Å². The standard InChI is InChI=1S/C11H20N2O6S/c1-11(2,3)19-10(16)12-5-6-13(20(4,17)18)8(7-12)9(14)15/h8H,5-7H2,1-4H3,(H,14,15). The highest BCUT2D eigenvalue weighted by molar-refractivity contribution is 7.88. The topological polar surface area (TPSA) is 104 Å². The second-order valence-electron chi connectivity index (χ2n) is 5.65. The molecule has 20 heavy (non-hydrogen) atoms. The highest BCUT2D eigenvalue weighted by atomic mass is 32.2. The Morgan fingerprint density at radius 2 is 1.80 bits per heavy atom. The van der Waals surface area contributed by atoms with Crippen LogP contribution in [0.3, 0.4) is 0 Å². The lowest BCUT2D eigenvalue weighted by Gasteiger charge is -2.38. The second kappa shape index (κ2) is 5.57. The van der Waals surface area contributed by atoms with Crippen LogP contribution in [-0.4, -0.2) is 72.3 Å². The van der Waals surface area contributed by atoms with Gasteiger partial charge in [-0.15, -0.1) is 0 Å². The van der Waals surface area contributed by atoms with Gasteiger partial charge in [0.2, 0.25) is 10.0 Å². The Bertz CT molecular complexity index is 496. The normalized spacial score (nSPS) is 21.6. The Morgan fingerprint density at radius 3 is 2.20 bits per heavy atom. The molecule has 1 aliphatic heterocycles. The first-order valence-corrected chi connectivity index (χ1v) is 7.94. The van der Waals surface area contributed by atoms with Gasteiger partial charge in [0.05, 0.1) is 12.8 Å². The number of carbonyl (C=O) groups excluding carboxylic acids is 1. The highest BCUT2D eigenvalue weighted by Gasteiger charge is 2.39. The third-order valence-electron chi connectivity index (χ3n) is 2.69. The molecule has 0 radical (unpaired) electrons. The minimum absolute atomic E-state index is 0.0605. The number of piperazine rings is 1. The van der Waals surface area contributed by atoms with Crippen molar-refractivity contribution in [3.05, 3.63) is 0 Å². The van der Waals surface area contributed by atoms with E-state index in [4.69, 9.17) is 9.84 Å². The molecule has 1 saturated heterocycles. The molecule has 1 N–H and O–H groups in total. The van der Waals surface area contributed by atoms with Gasteiger partial charge in [0.25, 0.3) is 0 Å². The van der Waals surface area contributed by atoms with Crippen LogP contribution in [0.5, 0.6) is 0 Å². The monoisotopic (exact) mass is 308 g/mol. The highest BCUT2D eigenvalue weighted by Crippen LogP contribution is 2.17. The number of carbonyl (C=O) groups is 2. The van der Waals surface area contributed by atoms with E-state index in [0.717, 1.165) is 10.6 Å². The minimum atomic E-state index is -3.63. The van der Waals surface area contributed by atoms with Gasteiger partial charge < -0.3 is 14.7 Å². The molecule has 0 spiro atoms. The zero-order chi connectivity index (χ0) is 15.7. The van der Waals surface area contributed by atoms with Crippen LogP contribution in [0.1, 0.15) is 20.8 Å². The Kier molecular flexibility index (Phi) is 4.65. The fourth-order valence-electron chi connectivity index (χ4n) is 1.86. The van der Waals surface area contributed by atoms with E-state index in [1.165, 1.54) is 4.90 Å². The van der Waals surface area contributed by atoms with Crippen molar-refractivity contribution in [3.8, 4) is 0 Å². The van der Waals surface area contributed by atoms with E-state index in [1.54, 1.807) is 20.8 Å². The quantitative estimate of drug-likeness (QED) is 0.767. The molecule has 1 fully saturated rings. The number of hydrogen-bond donors (Lipinski definition) is 1. The van der Waals surface area contributed by atoms with Crippen LogP contribution in [0.2, 0.25) is 0 Å². The molecule has 1 aliphatic rings. The van der Waals surface area contributed by atoms with E-state index >= 15 is 0 Å². The van der Waals surface area contributed by atoms with Gasteiger partial charge in [-0.2, -0.15) is 4.31 Å². The largest absolute Gasteiger partial charge is 0.480 e. The zero-order valence-electron chi connectivity index (χ0n) is 12.0. The Morgan fingerprint density at radius 1 is 1.25 bits per heavy atom. The molecule has 0 aromatic rings. The average molecular weight is 308 g/mol. The maximum Gasteiger partial charge on any atom is 0.410 e.